The molecule has 5 rings (SSSR count). The van der Waals surface area contributed by atoms with Crippen molar-refractivity contribution in [1.29, 1.82) is 0 Å². The Balaban J connectivity index is 1.64. The summed E-state index contributed by atoms with van der Waals surface area (Å²) in [5, 5.41) is 11.7. The van der Waals surface area contributed by atoms with Crippen LogP contribution in [-0.2, 0) is 9.53 Å². The first-order valence-corrected chi connectivity index (χ1v) is 14.4. The number of fused-ring (bicyclic) bond motifs is 1. The number of nitro benzene ring substituents is 1. The summed E-state index contributed by atoms with van der Waals surface area (Å²) >= 11 is 1.13. The largest absolute Gasteiger partial charge is 0.497 e. The van der Waals surface area contributed by atoms with Crippen molar-refractivity contribution < 1.29 is 33.1 Å². The fourth-order valence-corrected chi connectivity index (χ4v) is 5.97. The normalized spacial score (nSPS) is 14.6. The molecule has 0 aliphatic carbocycles. The summed E-state index contributed by atoms with van der Waals surface area (Å²) in [4.78, 5) is 43.3. The van der Waals surface area contributed by atoms with Gasteiger partial charge in [-0.1, -0.05) is 17.4 Å². The lowest BCUT2D eigenvalue weighted by Crippen LogP contribution is -2.39. The molecule has 2 aromatic heterocycles. The second kappa shape index (κ2) is 12.6. The monoisotopic (exact) mass is 619 g/mol. The number of rotatable bonds is 10. The number of carbonyl (C=O) groups is 1. The van der Waals surface area contributed by atoms with Crippen LogP contribution in [0.25, 0.3) is 17.4 Å². The summed E-state index contributed by atoms with van der Waals surface area (Å²) < 4.78 is 29.4. The van der Waals surface area contributed by atoms with Crippen LogP contribution in [0.15, 0.2) is 74.0 Å². The number of ether oxygens (including phenoxy) is 4. The maximum absolute atomic E-state index is 14.0. The number of aromatic nitrogens is 1. The summed E-state index contributed by atoms with van der Waals surface area (Å²) in [5.41, 5.74) is 0.919. The third-order valence-electron chi connectivity index (χ3n) is 6.89. The van der Waals surface area contributed by atoms with Crippen LogP contribution < -0.4 is 29.1 Å². The number of methoxy groups -OCH3 is 2. The number of nitrogens with zero attached hydrogens (tertiary/aromatic N) is 3. The molecular weight excluding hydrogens is 590 g/mol. The predicted molar refractivity (Wildman–Crippen MR) is 162 cm³/mol. The molecule has 13 heteroatoms. The molecule has 1 atom stereocenters. The Bertz CT molecular complexity index is 1970. The Morgan fingerprint density at radius 1 is 1.09 bits per heavy atom. The highest BCUT2D eigenvalue weighted by atomic mass is 32.1. The van der Waals surface area contributed by atoms with E-state index in [1.54, 1.807) is 62.4 Å². The summed E-state index contributed by atoms with van der Waals surface area (Å²) in [5.74, 6) is 1.27. The van der Waals surface area contributed by atoms with Crippen LogP contribution in [-0.4, -0.2) is 42.9 Å². The third-order valence-corrected chi connectivity index (χ3v) is 7.87. The number of hydrogen-bond acceptors (Lipinski definition) is 11. The van der Waals surface area contributed by atoms with E-state index in [0.29, 0.717) is 45.7 Å². The third kappa shape index (κ3) is 5.61. The minimum atomic E-state index is -0.855. The lowest BCUT2D eigenvalue weighted by Gasteiger charge is -2.25. The Morgan fingerprint density at radius 2 is 1.89 bits per heavy atom. The SMILES string of the molecule is CCOC(=O)C1=C(C)N=c2s/c(=C\c3ccc(-c4ccc(OC)cc4[N+](=O)[O-])o3)c(=O)n2[C@H]1c1ccc(OC)c(OCC)c1. The zero-order valence-electron chi connectivity index (χ0n) is 24.6. The van der Waals surface area contributed by atoms with Crippen molar-refractivity contribution in [2.24, 2.45) is 4.99 Å². The van der Waals surface area contributed by atoms with E-state index in [1.165, 1.54) is 24.9 Å². The van der Waals surface area contributed by atoms with Crippen molar-refractivity contribution in [2.45, 2.75) is 26.8 Å². The summed E-state index contributed by atoms with van der Waals surface area (Å²) in [6.07, 6.45) is 1.54. The van der Waals surface area contributed by atoms with Gasteiger partial charge in [0.2, 0.25) is 0 Å². The molecule has 12 nitrogen and oxygen atoms in total. The molecule has 3 heterocycles. The number of furan rings is 1. The summed E-state index contributed by atoms with van der Waals surface area (Å²) in [6, 6.07) is 12.0. The second-order valence-corrected chi connectivity index (χ2v) is 10.5. The van der Waals surface area contributed by atoms with Crippen LogP contribution in [0.5, 0.6) is 17.2 Å². The molecule has 1 aliphatic rings. The molecule has 4 aromatic rings. The van der Waals surface area contributed by atoms with Crippen molar-refractivity contribution >= 4 is 29.1 Å². The minimum Gasteiger partial charge on any atom is -0.497 e. The van der Waals surface area contributed by atoms with Gasteiger partial charge in [0.05, 0.1) is 65.8 Å². The fourth-order valence-electron chi connectivity index (χ4n) is 4.94. The van der Waals surface area contributed by atoms with Crippen LogP contribution in [0.4, 0.5) is 5.69 Å². The van der Waals surface area contributed by atoms with E-state index >= 15 is 0 Å². The molecule has 0 saturated carbocycles. The molecule has 1 aliphatic heterocycles. The Labute approximate surface area is 255 Å². The number of hydrogen-bond donors (Lipinski definition) is 0. The van der Waals surface area contributed by atoms with Gasteiger partial charge in [-0.05, 0) is 62.7 Å². The molecule has 0 N–H and O–H groups in total. The van der Waals surface area contributed by atoms with E-state index < -0.39 is 22.5 Å². The average Bonchev–Trinajstić information content (AvgIpc) is 3.60. The lowest BCUT2D eigenvalue weighted by atomic mass is 9.95. The van der Waals surface area contributed by atoms with Gasteiger partial charge in [-0.2, -0.15) is 0 Å². The quantitative estimate of drug-likeness (QED) is 0.143. The van der Waals surface area contributed by atoms with Gasteiger partial charge in [-0.15, -0.1) is 0 Å². The first kappa shape index (κ1) is 30.3. The van der Waals surface area contributed by atoms with Gasteiger partial charge in [0.15, 0.2) is 16.3 Å². The summed E-state index contributed by atoms with van der Waals surface area (Å²) in [6.45, 7) is 5.77. The number of carbonyl (C=O) groups excluding carboxylic acids is 1. The van der Waals surface area contributed by atoms with Gasteiger partial charge < -0.3 is 23.4 Å². The molecule has 0 amide bonds. The topological polar surface area (TPSA) is 145 Å². The Morgan fingerprint density at radius 3 is 2.57 bits per heavy atom. The summed E-state index contributed by atoms with van der Waals surface area (Å²) in [7, 11) is 2.95. The van der Waals surface area contributed by atoms with Crippen molar-refractivity contribution in [3.05, 3.63) is 101 Å². The van der Waals surface area contributed by atoms with Crippen molar-refractivity contribution in [3.8, 4) is 28.6 Å². The van der Waals surface area contributed by atoms with Crippen LogP contribution in [0, 0.1) is 10.1 Å². The molecule has 0 unspecified atom stereocenters. The molecule has 0 fully saturated rings. The average molecular weight is 620 g/mol. The fraction of sp³-hybridized carbons (Fsp3) is 0.258. The zero-order chi connectivity index (χ0) is 31.5. The highest BCUT2D eigenvalue weighted by Crippen LogP contribution is 2.37. The van der Waals surface area contributed by atoms with Gasteiger partial charge in [0.25, 0.3) is 11.2 Å². The van der Waals surface area contributed by atoms with Gasteiger partial charge in [-0.25, -0.2) is 9.79 Å². The van der Waals surface area contributed by atoms with E-state index in [1.807, 2.05) is 6.92 Å². The van der Waals surface area contributed by atoms with Crippen molar-refractivity contribution in [2.75, 3.05) is 27.4 Å². The Kier molecular flexibility index (Phi) is 8.67. The van der Waals surface area contributed by atoms with Crippen LogP contribution in [0.1, 0.15) is 38.1 Å². The number of nitro groups is 1. The maximum Gasteiger partial charge on any atom is 0.338 e. The Hall–Kier alpha value is -5.17. The number of esters is 1. The van der Waals surface area contributed by atoms with Crippen LogP contribution in [0.3, 0.4) is 0 Å². The van der Waals surface area contributed by atoms with Crippen LogP contribution >= 0.6 is 11.3 Å². The highest BCUT2D eigenvalue weighted by molar-refractivity contribution is 7.07. The van der Waals surface area contributed by atoms with E-state index in [4.69, 9.17) is 23.4 Å². The molecular formula is C31H29N3O9S. The molecule has 0 bridgehead atoms. The number of benzene rings is 2. The van der Waals surface area contributed by atoms with Gasteiger partial charge >= 0.3 is 5.97 Å². The van der Waals surface area contributed by atoms with Gasteiger partial charge in [0.1, 0.15) is 17.3 Å². The molecule has 228 valence electrons. The van der Waals surface area contributed by atoms with Crippen molar-refractivity contribution in [1.82, 2.24) is 4.57 Å². The molecule has 0 spiro atoms. The first-order valence-electron chi connectivity index (χ1n) is 13.6. The van der Waals surface area contributed by atoms with E-state index in [-0.39, 0.29) is 33.7 Å². The lowest BCUT2D eigenvalue weighted by molar-refractivity contribution is -0.384. The maximum atomic E-state index is 14.0. The molecule has 0 saturated heterocycles. The van der Waals surface area contributed by atoms with Crippen molar-refractivity contribution in [3.63, 3.8) is 0 Å². The zero-order valence-corrected chi connectivity index (χ0v) is 25.4. The molecule has 2 aromatic carbocycles. The molecule has 0 radical (unpaired) electrons. The van der Waals surface area contributed by atoms with Gasteiger partial charge in [-0.3, -0.25) is 19.5 Å². The van der Waals surface area contributed by atoms with Crippen LogP contribution in [0.2, 0.25) is 0 Å². The number of thiazole rings is 1. The van der Waals surface area contributed by atoms with E-state index in [2.05, 4.69) is 4.99 Å². The first-order chi connectivity index (χ1) is 21.2. The minimum absolute atomic E-state index is 0.146. The predicted octanol–water partition coefficient (Wildman–Crippen LogP) is 4.38. The standard InChI is InChI=1S/C31H29N3O9S/c1-6-41-25-14-18(8-12-24(25)40-5)28-27(30(36)42-7-2)17(3)32-31-33(28)29(35)26(44-31)16-20-10-13-23(43-20)21-11-9-19(39-4)15-22(21)34(37)38/h8-16,28H,6-7H2,1-5H3/b26-16-/t28-/m0/s1. The smallest absolute Gasteiger partial charge is 0.338 e. The van der Waals surface area contributed by atoms with E-state index in [9.17, 15) is 19.7 Å². The second-order valence-electron chi connectivity index (χ2n) is 9.49. The number of allylic oxidation sites excluding steroid dienone is 1. The van der Waals surface area contributed by atoms with Gasteiger partial charge in [0, 0.05) is 6.08 Å². The van der Waals surface area contributed by atoms with E-state index in [0.717, 1.165) is 11.3 Å². The molecule has 44 heavy (non-hydrogen) atoms. The highest BCUT2D eigenvalue weighted by Gasteiger charge is 2.34.